The number of ketones is 2. The molecular formula is C26H31O3P. The van der Waals surface area contributed by atoms with Crippen LogP contribution in [0.1, 0.15) is 63.4 Å². The normalized spacial score (nSPS) is 33.7. The van der Waals surface area contributed by atoms with Crippen LogP contribution in [0.25, 0.3) is 0 Å². The molecule has 1 aromatic carbocycles. The van der Waals surface area contributed by atoms with E-state index in [9.17, 15) is 14.2 Å². The number of hydrogen-bond acceptors (Lipinski definition) is 3. The zero-order valence-electron chi connectivity index (χ0n) is 18.2. The van der Waals surface area contributed by atoms with Crippen molar-refractivity contribution in [2.75, 3.05) is 13.3 Å². The second-order valence-corrected chi connectivity index (χ2v) is 13.6. The predicted octanol–water partition coefficient (Wildman–Crippen LogP) is 5.40. The van der Waals surface area contributed by atoms with E-state index in [0.29, 0.717) is 30.5 Å². The topological polar surface area (TPSA) is 51.2 Å². The third-order valence-electron chi connectivity index (χ3n) is 8.36. The number of Topliss-reactive ketones (excluding diaryl/α,β-unsaturated/α-hetero) is 1. The first kappa shape index (κ1) is 20.2. The molecule has 3 nitrogen and oxygen atoms in total. The second kappa shape index (κ2) is 6.89. The van der Waals surface area contributed by atoms with E-state index in [4.69, 9.17) is 0 Å². The van der Waals surface area contributed by atoms with Crippen LogP contribution in [-0.2, 0) is 14.2 Å². The van der Waals surface area contributed by atoms with Gasteiger partial charge in [-0.05, 0) is 80.1 Å². The Labute approximate surface area is 179 Å². The van der Waals surface area contributed by atoms with Crippen molar-refractivity contribution >= 4 is 24.0 Å². The van der Waals surface area contributed by atoms with Gasteiger partial charge in [-0.25, -0.2) is 0 Å². The molecule has 4 aliphatic rings. The third kappa shape index (κ3) is 3.04. The van der Waals surface area contributed by atoms with Gasteiger partial charge in [0.2, 0.25) is 0 Å². The van der Waals surface area contributed by atoms with Gasteiger partial charge in [-0.2, -0.15) is 0 Å². The number of fused-ring (bicyclic) bond motifs is 4. The Morgan fingerprint density at radius 2 is 1.70 bits per heavy atom. The van der Waals surface area contributed by atoms with Crippen molar-refractivity contribution in [2.24, 2.45) is 17.3 Å². The van der Waals surface area contributed by atoms with Gasteiger partial charge in [0.15, 0.2) is 5.78 Å². The van der Waals surface area contributed by atoms with Crippen molar-refractivity contribution in [2.45, 2.75) is 57.8 Å². The maximum absolute atomic E-state index is 13.0. The van der Waals surface area contributed by atoms with E-state index in [0.717, 1.165) is 37.4 Å². The van der Waals surface area contributed by atoms with Crippen LogP contribution in [0.5, 0.6) is 0 Å². The zero-order valence-corrected chi connectivity index (χ0v) is 19.1. The number of rotatable bonds is 2. The summed E-state index contributed by atoms with van der Waals surface area (Å²) in [5, 5.41) is 0.907. The number of carbonyl (C=O) groups is 2. The fourth-order valence-corrected chi connectivity index (χ4v) is 7.66. The number of hydrogen-bond donors (Lipinski definition) is 0. The van der Waals surface area contributed by atoms with E-state index in [1.807, 2.05) is 31.5 Å². The van der Waals surface area contributed by atoms with Crippen molar-refractivity contribution in [1.29, 1.82) is 0 Å². The summed E-state index contributed by atoms with van der Waals surface area (Å²) in [5.74, 6) is 1.79. The first-order valence-electron chi connectivity index (χ1n) is 11.3. The van der Waals surface area contributed by atoms with Gasteiger partial charge in [0, 0.05) is 29.5 Å². The van der Waals surface area contributed by atoms with E-state index in [1.165, 1.54) is 22.3 Å². The van der Waals surface area contributed by atoms with E-state index in [-0.39, 0.29) is 17.1 Å². The highest BCUT2D eigenvalue weighted by molar-refractivity contribution is 7.70. The Morgan fingerprint density at radius 3 is 2.40 bits per heavy atom. The molecule has 158 valence electrons. The predicted molar refractivity (Wildman–Crippen MR) is 121 cm³/mol. The number of allylic oxidation sites excluding steroid dienone is 4. The molecule has 1 aromatic rings. The summed E-state index contributed by atoms with van der Waals surface area (Å²) >= 11 is 0. The summed E-state index contributed by atoms with van der Waals surface area (Å²) in [5.41, 5.74) is 5.17. The van der Waals surface area contributed by atoms with Gasteiger partial charge >= 0.3 is 0 Å². The maximum Gasteiger partial charge on any atom is 0.156 e. The fraction of sp³-hybridized carbons (Fsp3) is 0.538. The van der Waals surface area contributed by atoms with Crippen molar-refractivity contribution in [3.8, 4) is 0 Å². The first-order valence-corrected chi connectivity index (χ1v) is 13.9. The maximum atomic E-state index is 13.0. The van der Waals surface area contributed by atoms with Gasteiger partial charge in [0.05, 0.1) is 0 Å². The highest BCUT2D eigenvalue weighted by atomic mass is 31.2. The fourth-order valence-electron chi connectivity index (χ4n) is 6.80. The van der Waals surface area contributed by atoms with Gasteiger partial charge < -0.3 is 4.57 Å². The highest BCUT2D eigenvalue weighted by Crippen LogP contribution is 2.62. The minimum Gasteiger partial charge on any atom is -0.319 e. The first-order chi connectivity index (χ1) is 14.2. The molecule has 0 bridgehead atoms. The largest absolute Gasteiger partial charge is 0.319 e. The van der Waals surface area contributed by atoms with Crippen molar-refractivity contribution in [3.63, 3.8) is 0 Å². The summed E-state index contributed by atoms with van der Waals surface area (Å²) in [6, 6.07) is 8.31. The molecule has 0 amide bonds. The van der Waals surface area contributed by atoms with Crippen LogP contribution in [0.15, 0.2) is 47.1 Å². The molecule has 0 radical (unpaired) electrons. The molecule has 0 spiro atoms. The third-order valence-corrected chi connectivity index (χ3v) is 9.90. The van der Waals surface area contributed by atoms with Gasteiger partial charge in [0.1, 0.15) is 12.9 Å². The van der Waals surface area contributed by atoms with Crippen LogP contribution in [-0.4, -0.2) is 24.9 Å². The molecule has 0 aliphatic heterocycles. The highest BCUT2D eigenvalue weighted by Gasteiger charge is 2.56. The molecule has 4 atom stereocenters. The number of benzene rings is 1. The van der Waals surface area contributed by atoms with Gasteiger partial charge in [0.25, 0.3) is 0 Å². The average Bonchev–Trinajstić information content (AvgIpc) is 3.01. The average molecular weight is 423 g/mol. The van der Waals surface area contributed by atoms with Gasteiger partial charge in [-0.3, -0.25) is 9.59 Å². The smallest absolute Gasteiger partial charge is 0.156 e. The molecule has 2 saturated carbocycles. The lowest BCUT2D eigenvalue weighted by Gasteiger charge is -2.50. The van der Waals surface area contributed by atoms with Crippen LogP contribution < -0.4 is 5.30 Å². The Morgan fingerprint density at radius 1 is 0.967 bits per heavy atom. The number of carbonyl (C=O) groups excluding carboxylic acids is 2. The second-order valence-electron chi connectivity index (χ2n) is 10.4. The van der Waals surface area contributed by atoms with Gasteiger partial charge in [-0.15, -0.1) is 0 Å². The Hall–Kier alpha value is -1.73. The van der Waals surface area contributed by atoms with Crippen molar-refractivity contribution < 1.29 is 14.2 Å². The molecule has 0 saturated heterocycles. The van der Waals surface area contributed by atoms with Crippen LogP contribution >= 0.6 is 7.14 Å². The summed E-state index contributed by atoms with van der Waals surface area (Å²) in [6.07, 6.45) is 7.95. The molecule has 4 aliphatic carbocycles. The lowest BCUT2D eigenvalue weighted by molar-refractivity contribution is -0.128. The summed E-state index contributed by atoms with van der Waals surface area (Å²) < 4.78 is 12.5. The monoisotopic (exact) mass is 422 g/mol. The van der Waals surface area contributed by atoms with Crippen LogP contribution in [0, 0.1) is 17.3 Å². The Kier molecular flexibility index (Phi) is 4.64. The molecule has 4 heteroatoms. The molecule has 2 fully saturated rings. The quantitative estimate of drug-likeness (QED) is 0.600. The minimum atomic E-state index is -2.29. The van der Waals surface area contributed by atoms with E-state index in [2.05, 4.69) is 19.1 Å². The zero-order chi connectivity index (χ0) is 21.3. The van der Waals surface area contributed by atoms with Crippen LogP contribution in [0.4, 0.5) is 0 Å². The standard InChI is InChI=1S/C26H31O3P/c1-26-15-22(16-4-8-19(9-5-16)30(2,3)29)25-20-11-7-18(27)14-17(20)6-10-21(25)23(26)12-13-24(26)28/h4-5,8-9,14,21-23H,6-7,10-13,15H2,1-3H3/t21-,22+,23?,26-/m0/s1. The summed E-state index contributed by atoms with van der Waals surface area (Å²) in [4.78, 5) is 25.1. The Balaban J connectivity index is 1.65. The van der Waals surface area contributed by atoms with E-state index < -0.39 is 7.14 Å². The lowest BCUT2D eigenvalue weighted by Crippen LogP contribution is -2.43. The molecule has 0 heterocycles. The van der Waals surface area contributed by atoms with Crippen LogP contribution in [0.2, 0.25) is 0 Å². The summed E-state index contributed by atoms with van der Waals surface area (Å²) in [6.45, 7) is 5.82. The van der Waals surface area contributed by atoms with Crippen molar-refractivity contribution in [3.05, 3.63) is 52.6 Å². The van der Waals surface area contributed by atoms with Gasteiger partial charge in [-0.1, -0.05) is 36.8 Å². The van der Waals surface area contributed by atoms with Crippen LogP contribution in [0.3, 0.4) is 0 Å². The minimum absolute atomic E-state index is 0.215. The van der Waals surface area contributed by atoms with E-state index >= 15 is 0 Å². The molecule has 30 heavy (non-hydrogen) atoms. The molecule has 0 N–H and O–H groups in total. The lowest BCUT2D eigenvalue weighted by atomic mass is 9.53. The van der Waals surface area contributed by atoms with E-state index in [1.54, 1.807) is 0 Å². The van der Waals surface area contributed by atoms with Crippen molar-refractivity contribution in [1.82, 2.24) is 0 Å². The summed E-state index contributed by atoms with van der Waals surface area (Å²) in [7, 11) is -2.29. The molecule has 0 aromatic heterocycles. The molecular weight excluding hydrogens is 391 g/mol. The SMILES string of the molecule is C[C@]12C[C@H](c3ccc(P(C)(C)=O)cc3)C3=C4CCC(=O)C=C4CC[C@H]3C1CCC2=O. The molecule has 5 rings (SSSR count). The Bertz CT molecular complexity index is 1040. The molecule has 1 unspecified atom stereocenters.